The summed E-state index contributed by atoms with van der Waals surface area (Å²) in [7, 11) is 0. The fourth-order valence-electron chi connectivity index (χ4n) is 1.65. The molecule has 0 unspecified atom stereocenters. The van der Waals surface area contributed by atoms with Gasteiger partial charge in [-0.25, -0.2) is 13.9 Å². The van der Waals surface area contributed by atoms with Crippen molar-refractivity contribution in [3.05, 3.63) is 48.5 Å². The van der Waals surface area contributed by atoms with Gasteiger partial charge in [-0.15, -0.1) is 0 Å². The van der Waals surface area contributed by atoms with E-state index < -0.39 is 18.3 Å². The van der Waals surface area contributed by atoms with Crippen LogP contribution in [0.4, 0.5) is 4.79 Å². The summed E-state index contributed by atoms with van der Waals surface area (Å²) in [5.74, 6) is 0.0958. The zero-order valence-corrected chi connectivity index (χ0v) is 17.2. The van der Waals surface area contributed by atoms with Gasteiger partial charge in [0, 0.05) is 57.1 Å². The van der Waals surface area contributed by atoms with Gasteiger partial charge in [-0.1, -0.05) is 12.1 Å². The van der Waals surface area contributed by atoms with E-state index in [0.717, 1.165) is 0 Å². The van der Waals surface area contributed by atoms with Crippen LogP contribution in [0.3, 0.4) is 0 Å². The molecule has 7 nitrogen and oxygen atoms in total. The van der Waals surface area contributed by atoms with Gasteiger partial charge in [-0.3, -0.25) is 0 Å². The fourth-order valence-corrected chi connectivity index (χ4v) is 3.32. The fraction of sp³-hybridized carbons (Fsp3) is 0. The zero-order chi connectivity index (χ0) is 19.4. The summed E-state index contributed by atoms with van der Waals surface area (Å²) in [5, 5.41) is 0. The topological polar surface area (TPSA) is 88.1 Å². The maximum absolute atomic E-state index is 11.8. The van der Waals surface area contributed by atoms with E-state index >= 15 is 0 Å². The normalized spacial score (nSPS) is 11.5. The van der Waals surface area contributed by atoms with Crippen molar-refractivity contribution >= 4 is 63.3 Å². The Morgan fingerprint density at radius 2 is 1.04 bits per heavy atom. The van der Waals surface area contributed by atoms with Gasteiger partial charge in [0.2, 0.25) is 0 Å². The number of carbonyl (C=O) groups excluding carboxylic acids is 1. The molecule has 13 heteroatoms. The van der Waals surface area contributed by atoms with E-state index in [1.54, 1.807) is 0 Å². The van der Waals surface area contributed by atoms with Gasteiger partial charge in [0.05, 0.1) is 0 Å². The van der Waals surface area contributed by atoms with Crippen LogP contribution in [-0.2, 0) is 9.13 Å². The molecular weight excluding hydrogens is 472 g/mol. The summed E-state index contributed by atoms with van der Waals surface area (Å²) >= 11 is 21.2. The van der Waals surface area contributed by atoms with Crippen molar-refractivity contribution in [2.45, 2.75) is 0 Å². The lowest BCUT2D eigenvalue weighted by atomic mass is 10.3. The van der Waals surface area contributed by atoms with Crippen LogP contribution < -0.4 is 18.5 Å². The molecule has 0 aliphatic heterocycles. The summed E-state index contributed by atoms with van der Waals surface area (Å²) < 4.78 is 41.9. The highest BCUT2D eigenvalue weighted by atomic mass is 35.9. The molecule has 0 amide bonds. The monoisotopic (exact) mass is 478 g/mol. The lowest BCUT2D eigenvalue weighted by Crippen LogP contribution is -2.13. The van der Waals surface area contributed by atoms with Crippen LogP contribution in [0.1, 0.15) is 0 Å². The van der Waals surface area contributed by atoms with E-state index in [2.05, 4.69) is 0 Å². The molecule has 0 spiro atoms. The highest BCUT2D eigenvalue weighted by Crippen LogP contribution is 2.57. The second-order valence-corrected chi connectivity index (χ2v) is 12.8. The third kappa shape index (κ3) is 8.09. The second-order valence-electron chi connectivity index (χ2n) is 4.42. The predicted molar refractivity (Wildman–Crippen MR) is 99.4 cm³/mol. The molecular formula is C13H8Cl4O7P2. The van der Waals surface area contributed by atoms with E-state index in [0.29, 0.717) is 0 Å². The molecule has 0 radical (unpaired) electrons. The smallest absolute Gasteiger partial charge is 0.422 e. The van der Waals surface area contributed by atoms with Crippen LogP contribution in [0.2, 0.25) is 0 Å². The first-order valence-corrected chi connectivity index (χ1v) is 13.3. The quantitative estimate of drug-likeness (QED) is 0.246. The summed E-state index contributed by atoms with van der Waals surface area (Å²) in [6.07, 6.45) is -8.71. The third-order valence-corrected chi connectivity index (χ3v) is 4.11. The van der Waals surface area contributed by atoms with Crippen LogP contribution >= 0.6 is 57.1 Å². The number of hydrogen-bond donors (Lipinski definition) is 0. The highest BCUT2D eigenvalue weighted by Gasteiger charge is 2.18. The predicted octanol–water partition coefficient (Wildman–Crippen LogP) is 7.19. The molecule has 0 aromatic heterocycles. The number of ether oxygens (including phenoxy) is 2. The summed E-state index contributed by atoms with van der Waals surface area (Å²) in [6.45, 7) is 0. The number of hydrogen-bond acceptors (Lipinski definition) is 7. The van der Waals surface area contributed by atoms with E-state index in [1.807, 2.05) is 0 Å². The Morgan fingerprint density at radius 3 is 1.38 bits per heavy atom. The van der Waals surface area contributed by atoms with Crippen molar-refractivity contribution in [1.29, 1.82) is 0 Å². The molecule has 0 heterocycles. The molecule has 0 N–H and O–H groups in total. The molecule has 0 atom stereocenters. The molecule has 0 fully saturated rings. The van der Waals surface area contributed by atoms with Crippen molar-refractivity contribution in [3.63, 3.8) is 0 Å². The molecule has 0 bridgehead atoms. The van der Waals surface area contributed by atoms with Crippen molar-refractivity contribution in [2.75, 3.05) is 0 Å². The van der Waals surface area contributed by atoms with E-state index in [9.17, 15) is 13.9 Å². The Kier molecular flexibility index (Phi) is 7.14. The van der Waals surface area contributed by atoms with Gasteiger partial charge in [0.25, 0.3) is 0 Å². The molecule has 2 aromatic rings. The highest BCUT2D eigenvalue weighted by molar-refractivity contribution is 8.05. The first kappa shape index (κ1) is 21.2. The lowest BCUT2D eigenvalue weighted by Gasteiger charge is -2.10. The van der Waals surface area contributed by atoms with Gasteiger partial charge in [0.15, 0.2) is 0 Å². The Morgan fingerprint density at radius 1 is 0.692 bits per heavy atom. The number of rotatable bonds is 6. The molecule has 2 aromatic carbocycles. The summed E-state index contributed by atoms with van der Waals surface area (Å²) in [4.78, 5) is 11.8. The Bertz CT molecular complexity index is 824. The van der Waals surface area contributed by atoms with Crippen LogP contribution in [0.5, 0.6) is 23.0 Å². The Hall–Kier alpha value is -1.07. The second kappa shape index (κ2) is 8.75. The summed E-state index contributed by atoms with van der Waals surface area (Å²) in [5.41, 5.74) is 0. The zero-order valence-electron chi connectivity index (χ0n) is 12.4. The van der Waals surface area contributed by atoms with Crippen LogP contribution in [0.25, 0.3) is 0 Å². The maximum atomic E-state index is 11.8. The van der Waals surface area contributed by atoms with Crippen LogP contribution in [-0.4, -0.2) is 6.16 Å². The molecule has 0 saturated carbocycles. The molecule has 0 aliphatic carbocycles. The molecule has 26 heavy (non-hydrogen) atoms. The largest absolute Gasteiger partial charge is 0.519 e. The number of benzene rings is 2. The van der Waals surface area contributed by atoms with Gasteiger partial charge in [-0.05, 0) is 24.3 Å². The van der Waals surface area contributed by atoms with Crippen LogP contribution in [0.15, 0.2) is 48.5 Å². The molecule has 0 aliphatic rings. The van der Waals surface area contributed by atoms with Gasteiger partial charge in [-0.2, -0.15) is 0 Å². The molecule has 140 valence electrons. The minimum absolute atomic E-state index is 0.0210. The summed E-state index contributed by atoms with van der Waals surface area (Å²) in [6, 6.07) is 11.0. The minimum atomic E-state index is -3.80. The Balaban J connectivity index is 2.03. The number of carbonyl (C=O) groups is 1. The van der Waals surface area contributed by atoms with Crippen molar-refractivity contribution in [1.82, 2.24) is 0 Å². The van der Waals surface area contributed by atoms with E-state index in [1.165, 1.54) is 48.5 Å². The van der Waals surface area contributed by atoms with Crippen LogP contribution in [0, 0.1) is 0 Å². The first-order chi connectivity index (χ1) is 12.0. The van der Waals surface area contributed by atoms with Crippen molar-refractivity contribution in [2.24, 2.45) is 0 Å². The van der Waals surface area contributed by atoms with Gasteiger partial charge in [0.1, 0.15) is 23.0 Å². The standard InChI is InChI=1S/C13H8Cl4O7P2/c14-25(15,19)23-11-5-1-3-9(7-11)21-13(18)22-10-4-2-6-12(8-10)24-26(16,17)20/h1-8H. The Labute approximate surface area is 167 Å². The first-order valence-electron chi connectivity index (χ1n) is 6.48. The SMILES string of the molecule is O=C(Oc1cccc(OP(=O)(Cl)Cl)c1)Oc1cccc(OP(=O)(Cl)Cl)c1. The average molecular weight is 480 g/mol. The van der Waals surface area contributed by atoms with E-state index in [-0.39, 0.29) is 23.0 Å². The van der Waals surface area contributed by atoms with Gasteiger partial charge < -0.3 is 18.5 Å². The third-order valence-electron chi connectivity index (χ3n) is 2.44. The minimum Gasteiger partial charge on any atom is -0.422 e. The maximum Gasteiger partial charge on any atom is 0.519 e. The lowest BCUT2D eigenvalue weighted by molar-refractivity contribution is 0.152. The van der Waals surface area contributed by atoms with E-state index in [4.69, 9.17) is 63.5 Å². The average Bonchev–Trinajstić information content (AvgIpc) is 2.43. The van der Waals surface area contributed by atoms with Crippen molar-refractivity contribution < 1.29 is 32.4 Å². The molecule has 2 rings (SSSR count). The van der Waals surface area contributed by atoms with Gasteiger partial charge >= 0.3 is 18.3 Å². The van der Waals surface area contributed by atoms with Crippen molar-refractivity contribution in [3.8, 4) is 23.0 Å². The molecule has 0 saturated heterocycles. The number of halogens is 4.